The minimum atomic E-state index is -3.68. The summed E-state index contributed by atoms with van der Waals surface area (Å²) in [7, 11) is -0.415. The van der Waals surface area contributed by atoms with Gasteiger partial charge in [-0.1, -0.05) is 12.1 Å². The normalized spacial score (nSPS) is 19.2. The number of sulfonamides is 1. The monoisotopic (exact) mass is 445 g/mol. The Bertz CT molecular complexity index is 1090. The lowest BCUT2D eigenvalue weighted by Crippen LogP contribution is -2.35. The van der Waals surface area contributed by atoms with Crippen LogP contribution in [0.25, 0.3) is 0 Å². The molecule has 0 saturated carbocycles. The summed E-state index contributed by atoms with van der Waals surface area (Å²) >= 11 is 0. The Morgan fingerprint density at radius 3 is 2.71 bits per heavy atom. The first-order chi connectivity index (χ1) is 14.8. The van der Waals surface area contributed by atoms with Crippen LogP contribution in [0, 0.1) is 0 Å². The number of hydrogen-bond acceptors (Lipinski definition) is 7. The maximum atomic E-state index is 13.2. The van der Waals surface area contributed by atoms with Crippen LogP contribution in [-0.2, 0) is 27.8 Å². The quantitative estimate of drug-likeness (QED) is 0.745. The molecule has 3 heterocycles. The Kier molecular flexibility index (Phi) is 5.85. The van der Waals surface area contributed by atoms with E-state index in [9.17, 15) is 13.2 Å². The van der Waals surface area contributed by atoms with Crippen molar-refractivity contribution in [3.8, 4) is 5.75 Å². The lowest BCUT2D eigenvalue weighted by molar-refractivity contribution is -0.129. The van der Waals surface area contributed by atoms with E-state index in [0.29, 0.717) is 56.4 Å². The number of amides is 1. The van der Waals surface area contributed by atoms with E-state index in [2.05, 4.69) is 5.32 Å². The molecule has 1 aromatic carbocycles. The fraction of sp³-hybridized carbons (Fsp3) is 0.476. The number of carbonyl (C=O) groups excluding carboxylic acids is 1. The molecule has 1 atom stereocenters. The van der Waals surface area contributed by atoms with E-state index in [0.717, 1.165) is 11.3 Å². The van der Waals surface area contributed by atoms with Gasteiger partial charge in [-0.25, -0.2) is 18.4 Å². The third kappa shape index (κ3) is 3.97. The van der Waals surface area contributed by atoms with Gasteiger partial charge in [0, 0.05) is 51.5 Å². The molecule has 0 spiro atoms. The number of carbonyl (C=O) groups is 1. The number of benzene rings is 1. The van der Waals surface area contributed by atoms with Gasteiger partial charge in [0.15, 0.2) is 0 Å². The second kappa shape index (κ2) is 8.43. The summed E-state index contributed by atoms with van der Waals surface area (Å²) in [6, 6.07) is 6.66. The summed E-state index contributed by atoms with van der Waals surface area (Å²) in [5.74, 6) is 1.63. The highest BCUT2D eigenvalue weighted by atomic mass is 32.2. The van der Waals surface area contributed by atoms with Gasteiger partial charge in [-0.15, -0.1) is 0 Å². The fourth-order valence-electron chi connectivity index (χ4n) is 4.22. The Labute approximate surface area is 182 Å². The van der Waals surface area contributed by atoms with Crippen LogP contribution in [-0.4, -0.2) is 67.3 Å². The van der Waals surface area contributed by atoms with Gasteiger partial charge < -0.3 is 15.0 Å². The molecule has 1 aromatic heterocycles. The largest absolute Gasteiger partial charge is 0.495 e. The van der Waals surface area contributed by atoms with E-state index in [1.165, 1.54) is 11.4 Å². The Morgan fingerprint density at radius 1 is 1.23 bits per heavy atom. The average Bonchev–Trinajstić information content (AvgIpc) is 3.29. The van der Waals surface area contributed by atoms with Crippen molar-refractivity contribution < 1.29 is 17.9 Å². The highest BCUT2D eigenvalue weighted by molar-refractivity contribution is 7.89. The van der Waals surface area contributed by atoms with Crippen molar-refractivity contribution in [2.75, 3.05) is 39.1 Å². The van der Waals surface area contributed by atoms with Crippen molar-refractivity contribution in [3.63, 3.8) is 0 Å². The van der Waals surface area contributed by atoms with E-state index < -0.39 is 10.0 Å². The van der Waals surface area contributed by atoms with Gasteiger partial charge in [-0.2, -0.15) is 4.31 Å². The van der Waals surface area contributed by atoms with Crippen LogP contribution in [0.2, 0.25) is 0 Å². The van der Waals surface area contributed by atoms with E-state index in [1.54, 1.807) is 43.1 Å². The SMILES string of the molecule is CNc1nc([C@H]2CCN(S(=O)(=O)c3ccccc3OC)C2)nc2c1CN(C(C)=O)CC2. The van der Waals surface area contributed by atoms with Gasteiger partial charge >= 0.3 is 0 Å². The van der Waals surface area contributed by atoms with Crippen molar-refractivity contribution in [1.82, 2.24) is 19.2 Å². The molecule has 2 aromatic rings. The molecule has 2 aliphatic rings. The molecule has 1 N–H and O–H groups in total. The first kappa shape index (κ1) is 21.5. The first-order valence-corrected chi connectivity index (χ1v) is 11.7. The Balaban J connectivity index is 1.59. The molecule has 0 unspecified atom stereocenters. The number of anilines is 1. The minimum Gasteiger partial charge on any atom is -0.495 e. The number of aromatic nitrogens is 2. The number of para-hydroxylation sites is 1. The molecule has 0 aliphatic carbocycles. The molecular formula is C21H27N5O4S. The summed E-state index contributed by atoms with van der Waals surface area (Å²) < 4.78 is 33.1. The van der Waals surface area contributed by atoms with E-state index >= 15 is 0 Å². The Hall–Kier alpha value is -2.72. The van der Waals surface area contributed by atoms with Gasteiger partial charge in [-0.3, -0.25) is 4.79 Å². The van der Waals surface area contributed by atoms with Crippen LogP contribution >= 0.6 is 0 Å². The van der Waals surface area contributed by atoms with Crippen LogP contribution < -0.4 is 10.1 Å². The number of methoxy groups -OCH3 is 1. The highest BCUT2D eigenvalue weighted by Gasteiger charge is 2.36. The van der Waals surface area contributed by atoms with Crippen molar-refractivity contribution in [2.24, 2.45) is 0 Å². The van der Waals surface area contributed by atoms with Crippen LogP contribution in [0.1, 0.15) is 36.3 Å². The molecule has 10 heteroatoms. The third-order valence-electron chi connectivity index (χ3n) is 5.96. The lowest BCUT2D eigenvalue weighted by atomic mass is 10.0. The smallest absolute Gasteiger partial charge is 0.246 e. The summed E-state index contributed by atoms with van der Waals surface area (Å²) in [6.45, 7) is 3.40. The summed E-state index contributed by atoms with van der Waals surface area (Å²) in [5, 5.41) is 3.12. The Morgan fingerprint density at radius 2 is 2.00 bits per heavy atom. The number of hydrogen-bond donors (Lipinski definition) is 1. The van der Waals surface area contributed by atoms with Crippen LogP contribution in [0.5, 0.6) is 5.75 Å². The molecule has 1 saturated heterocycles. The second-order valence-corrected chi connectivity index (χ2v) is 9.70. The average molecular weight is 446 g/mol. The van der Waals surface area contributed by atoms with Gasteiger partial charge in [0.1, 0.15) is 22.3 Å². The second-order valence-electron chi connectivity index (χ2n) is 7.80. The molecule has 166 valence electrons. The number of nitrogens with one attached hydrogen (secondary N) is 1. The zero-order valence-corrected chi connectivity index (χ0v) is 18.8. The standard InChI is InChI=1S/C21H27N5O4S/c1-14(27)25-10-9-17-16(13-25)21(22-2)24-20(23-17)15-8-11-26(12-15)31(28,29)19-7-5-4-6-18(19)30-3/h4-7,15H,8-13H2,1-3H3,(H,22,23,24)/t15-/m0/s1. The van der Waals surface area contributed by atoms with E-state index in [-0.39, 0.29) is 16.7 Å². The van der Waals surface area contributed by atoms with Gasteiger partial charge in [0.05, 0.1) is 19.3 Å². The predicted octanol–water partition coefficient (Wildman–Crippen LogP) is 1.61. The molecule has 0 radical (unpaired) electrons. The topological polar surface area (TPSA) is 105 Å². The van der Waals surface area contributed by atoms with E-state index in [1.807, 2.05) is 0 Å². The first-order valence-electron chi connectivity index (χ1n) is 10.3. The summed E-state index contributed by atoms with van der Waals surface area (Å²) in [6.07, 6.45) is 1.31. The molecular weight excluding hydrogens is 418 g/mol. The summed E-state index contributed by atoms with van der Waals surface area (Å²) in [5.41, 5.74) is 1.86. The predicted molar refractivity (Wildman–Crippen MR) is 115 cm³/mol. The number of rotatable bonds is 5. The maximum absolute atomic E-state index is 13.2. The number of fused-ring (bicyclic) bond motifs is 1. The molecule has 9 nitrogen and oxygen atoms in total. The van der Waals surface area contributed by atoms with E-state index in [4.69, 9.17) is 14.7 Å². The van der Waals surface area contributed by atoms with Crippen LogP contribution in [0.4, 0.5) is 5.82 Å². The van der Waals surface area contributed by atoms with Crippen molar-refractivity contribution in [2.45, 2.75) is 37.1 Å². The van der Waals surface area contributed by atoms with Crippen molar-refractivity contribution in [1.29, 1.82) is 0 Å². The molecule has 4 rings (SSSR count). The van der Waals surface area contributed by atoms with Crippen LogP contribution in [0.15, 0.2) is 29.2 Å². The fourth-order valence-corrected chi connectivity index (χ4v) is 5.88. The van der Waals surface area contributed by atoms with Gasteiger partial charge in [0.2, 0.25) is 15.9 Å². The van der Waals surface area contributed by atoms with Crippen molar-refractivity contribution >= 4 is 21.7 Å². The van der Waals surface area contributed by atoms with Gasteiger partial charge in [0.25, 0.3) is 0 Å². The third-order valence-corrected chi connectivity index (χ3v) is 7.87. The molecule has 1 amide bonds. The molecule has 1 fully saturated rings. The minimum absolute atomic E-state index is 0.0322. The number of ether oxygens (including phenoxy) is 1. The lowest BCUT2D eigenvalue weighted by Gasteiger charge is -2.29. The van der Waals surface area contributed by atoms with Crippen LogP contribution in [0.3, 0.4) is 0 Å². The van der Waals surface area contributed by atoms with Crippen molar-refractivity contribution in [3.05, 3.63) is 41.3 Å². The highest BCUT2D eigenvalue weighted by Crippen LogP contribution is 2.34. The zero-order chi connectivity index (χ0) is 22.2. The van der Waals surface area contributed by atoms with Gasteiger partial charge in [-0.05, 0) is 18.6 Å². The molecule has 0 bridgehead atoms. The zero-order valence-electron chi connectivity index (χ0n) is 18.0. The summed E-state index contributed by atoms with van der Waals surface area (Å²) in [4.78, 5) is 23.2. The molecule has 31 heavy (non-hydrogen) atoms. The molecule has 2 aliphatic heterocycles. The maximum Gasteiger partial charge on any atom is 0.246 e. The number of nitrogens with zero attached hydrogens (tertiary/aromatic N) is 4.